The van der Waals surface area contributed by atoms with E-state index in [9.17, 15) is 19.2 Å². The van der Waals surface area contributed by atoms with E-state index in [4.69, 9.17) is 27.9 Å². The number of ether oxygens (including phenoxy) is 1. The Morgan fingerprint density at radius 2 is 1.83 bits per heavy atom. The number of hydrogen-bond acceptors (Lipinski definition) is 5. The Hall–Kier alpha value is -3.64. The van der Waals surface area contributed by atoms with Crippen LogP contribution in [-0.4, -0.2) is 50.1 Å². The van der Waals surface area contributed by atoms with Gasteiger partial charge in [0.1, 0.15) is 11.4 Å². The van der Waals surface area contributed by atoms with Crippen LogP contribution in [0.5, 0.6) is 0 Å². The summed E-state index contributed by atoms with van der Waals surface area (Å²) in [6, 6.07) is 19.8. The fourth-order valence-electron chi connectivity index (χ4n) is 6.15. The van der Waals surface area contributed by atoms with Crippen molar-refractivity contribution in [3.05, 3.63) is 98.8 Å². The number of fused-ring (bicyclic) bond motifs is 2. The molecule has 0 aliphatic carbocycles. The highest BCUT2D eigenvalue weighted by atomic mass is 35.5. The maximum Gasteiger partial charge on any atom is 0.414 e. The van der Waals surface area contributed by atoms with Crippen molar-refractivity contribution in [1.29, 1.82) is 5.26 Å². The number of hydrogen-bond donors (Lipinski definition) is 1. The van der Waals surface area contributed by atoms with Crippen LogP contribution in [0.25, 0.3) is 0 Å². The molecule has 5 rings (SSSR count). The summed E-state index contributed by atoms with van der Waals surface area (Å²) in [5.74, 6) is -0.423. The number of anilines is 1. The van der Waals surface area contributed by atoms with Gasteiger partial charge in [-0.1, -0.05) is 41.4 Å². The van der Waals surface area contributed by atoms with Crippen molar-refractivity contribution in [3.8, 4) is 6.07 Å². The molecule has 0 radical (unpaired) electrons. The predicted molar refractivity (Wildman–Crippen MR) is 160 cm³/mol. The van der Waals surface area contributed by atoms with E-state index in [0.29, 0.717) is 78.6 Å². The molecular formula is C32H31Cl2FN4O3. The van der Waals surface area contributed by atoms with Crippen molar-refractivity contribution in [1.82, 2.24) is 10.2 Å². The number of carbonyl (C=O) groups excluding carboxylic acids is 2. The van der Waals surface area contributed by atoms with Gasteiger partial charge in [-0.3, -0.25) is 14.6 Å². The number of nitrogens with zero attached hydrogens (tertiary/aromatic N) is 3. The van der Waals surface area contributed by atoms with Gasteiger partial charge in [-0.05, 0) is 66.4 Å². The number of halogens is 3. The van der Waals surface area contributed by atoms with E-state index >= 15 is 0 Å². The van der Waals surface area contributed by atoms with Gasteiger partial charge in [0.15, 0.2) is 0 Å². The van der Waals surface area contributed by atoms with Crippen molar-refractivity contribution >= 4 is 41.4 Å². The first-order chi connectivity index (χ1) is 20.2. The molecule has 0 saturated carbocycles. The summed E-state index contributed by atoms with van der Waals surface area (Å²) < 4.78 is 20.4. The zero-order chi connectivity index (χ0) is 29.9. The van der Waals surface area contributed by atoms with E-state index < -0.39 is 11.7 Å². The summed E-state index contributed by atoms with van der Waals surface area (Å²) in [7, 11) is 1.63. The number of rotatable bonds is 9. The largest absolute Gasteiger partial charge is 0.437 e. The van der Waals surface area contributed by atoms with Crippen LogP contribution >= 0.6 is 23.2 Å². The highest BCUT2D eigenvalue weighted by Crippen LogP contribution is 2.46. The number of benzene rings is 3. The van der Waals surface area contributed by atoms with Crippen molar-refractivity contribution in [3.63, 3.8) is 0 Å². The first kappa shape index (κ1) is 29.8. The number of carbonyl (C=O) groups is 2. The van der Waals surface area contributed by atoms with Gasteiger partial charge in [0.25, 0.3) is 0 Å². The van der Waals surface area contributed by atoms with E-state index in [-0.39, 0.29) is 17.8 Å². The van der Waals surface area contributed by atoms with Crippen LogP contribution in [-0.2, 0) is 21.6 Å². The zero-order valence-electron chi connectivity index (χ0n) is 23.2. The van der Waals surface area contributed by atoms with Crippen molar-refractivity contribution in [2.45, 2.75) is 43.2 Å². The lowest BCUT2D eigenvalue weighted by molar-refractivity contribution is -0.109. The molecule has 3 aromatic rings. The highest BCUT2D eigenvalue weighted by molar-refractivity contribution is 6.42. The van der Waals surface area contributed by atoms with E-state index in [0.717, 1.165) is 11.1 Å². The fraction of sp³-hybridized carbons (Fsp3) is 0.344. The minimum Gasteiger partial charge on any atom is -0.437 e. The average molecular weight is 610 g/mol. The van der Waals surface area contributed by atoms with Crippen molar-refractivity contribution < 1.29 is 18.7 Å². The zero-order valence-corrected chi connectivity index (χ0v) is 24.7. The SMILES string of the molecule is CN1C(=O)OC2(CCN(C(Cc3ccc(C#N)cc3)CC(CNC=O)c3ccc(Cl)c(Cl)c3)CC2)c2cc(F)ccc21. The molecule has 2 aliphatic rings. The Morgan fingerprint density at radius 1 is 1.10 bits per heavy atom. The molecule has 2 amide bonds. The van der Waals surface area contributed by atoms with Crippen molar-refractivity contribution in [2.75, 3.05) is 31.6 Å². The third-order valence-corrected chi connectivity index (χ3v) is 9.20. The second kappa shape index (κ2) is 12.7. The second-order valence-electron chi connectivity index (χ2n) is 10.9. The Kier molecular flexibility index (Phi) is 9.02. The van der Waals surface area contributed by atoms with Gasteiger partial charge < -0.3 is 10.1 Å². The molecule has 1 spiro atoms. The third kappa shape index (κ3) is 6.24. The Labute approximate surface area is 254 Å². The molecule has 2 atom stereocenters. The third-order valence-electron chi connectivity index (χ3n) is 8.46. The molecular weight excluding hydrogens is 578 g/mol. The molecule has 10 heteroatoms. The minimum absolute atomic E-state index is 0.0390. The monoisotopic (exact) mass is 608 g/mol. The lowest BCUT2D eigenvalue weighted by Crippen LogP contribution is -2.53. The standard InChI is InChI=1S/C32H31Cl2FN4O3/c1-38-30-9-7-25(35)17-27(30)32(42-31(38)41)10-12-39(13-11-32)26(14-21-2-4-22(18-36)5-3-21)15-24(19-37-20-40)23-6-8-28(33)29(34)16-23/h2-9,16-17,20,24,26H,10-15,19H2,1H3,(H,37,40). The first-order valence-corrected chi connectivity index (χ1v) is 14.6. The quantitative estimate of drug-likeness (QED) is 0.284. The summed E-state index contributed by atoms with van der Waals surface area (Å²) in [5.41, 5.74) is 3.08. The number of likely N-dealkylation sites (tertiary alicyclic amines) is 1. The van der Waals surface area contributed by atoms with E-state index in [1.165, 1.54) is 17.0 Å². The van der Waals surface area contributed by atoms with Gasteiger partial charge in [-0.25, -0.2) is 9.18 Å². The van der Waals surface area contributed by atoms with Crippen LogP contribution in [0, 0.1) is 17.1 Å². The van der Waals surface area contributed by atoms with Crippen LogP contribution < -0.4 is 10.2 Å². The summed E-state index contributed by atoms with van der Waals surface area (Å²) in [4.78, 5) is 27.9. The van der Waals surface area contributed by atoms with Gasteiger partial charge in [0.2, 0.25) is 6.41 Å². The molecule has 7 nitrogen and oxygen atoms in total. The van der Waals surface area contributed by atoms with Gasteiger partial charge in [0.05, 0.1) is 27.4 Å². The van der Waals surface area contributed by atoms with Gasteiger partial charge in [-0.2, -0.15) is 5.26 Å². The normalized spacial score (nSPS) is 17.6. The average Bonchev–Trinajstić information content (AvgIpc) is 3.00. The summed E-state index contributed by atoms with van der Waals surface area (Å²) in [6.45, 7) is 1.64. The molecule has 1 N–H and O–H groups in total. The maximum absolute atomic E-state index is 14.4. The molecule has 0 aromatic heterocycles. The van der Waals surface area contributed by atoms with Crippen LogP contribution in [0.1, 0.15) is 47.4 Å². The molecule has 0 bridgehead atoms. The number of nitrogens with one attached hydrogen (secondary N) is 1. The molecule has 2 unspecified atom stereocenters. The molecule has 218 valence electrons. The van der Waals surface area contributed by atoms with Crippen molar-refractivity contribution in [2.24, 2.45) is 0 Å². The fourth-order valence-corrected chi connectivity index (χ4v) is 6.45. The van der Waals surface area contributed by atoms with Gasteiger partial charge in [0, 0.05) is 57.0 Å². The summed E-state index contributed by atoms with van der Waals surface area (Å²) in [5, 5.41) is 13.0. The topological polar surface area (TPSA) is 85.7 Å². The smallest absolute Gasteiger partial charge is 0.414 e. The number of piperidine rings is 1. The van der Waals surface area contributed by atoms with Gasteiger partial charge in [-0.15, -0.1) is 0 Å². The Balaban J connectivity index is 1.43. The Morgan fingerprint density at radius 3 is 2.50 bits per heavy atom. The first-order valence-electron chi connectivity index (χ1n) is 13.8. The number of nitriles is 1. The lowest BCUT2D eigenvalue weighted by Gasteiger charge is -2.48. The summed E-state index contributed by atoms with van der Waals surface area (Å²) >= 11 is 12.6. The van der Waals surface area contributed by atoms with Gasteiger partial charge >= 0.3 is 6.09 Å². The molecule has 1 fully saturated rings. The molecule has 2 aliphatic heterocycles. The lowest BCUT2D eigenvalue weighted by atomic mass is 9.80. The summed E-state index contributed by atoms with van der Waals surface area (Å²) in [6.07, 6.45) is 2.66. The number of amides is 2. The molecule has 2 heterocycles. The van der Waals surface area contributed by atoms with E-state index in [1.54, 1.807) is 19.2 Å². The second-order valence-corrected chi connectivity index (χ2v) is 11.7. The van der Waals surface area contributed by atoms with Crippen LogP contribution in [0.3, 0.4) is 0 Å². The molecule has 42 heavy (non-hydrogen) atoms. The van der Waals surface area contributed by atoms with Crippen LogP contribution in [0.2, 0.25) is 10.0 Å². The minimum atomic E-state index is -0.904. The van der Waals surface area contributed by atoms with E-state index in [1.807, 2.05) is 36.4 Å². The van der Waals surface area contributed by atoms with E-state index in [2.05, 4.69) is 16.3 Å². The predicted octanol–water partition coefficient (Wildman–Crippen LogP) is 6.41. The molecule has 1 saturated heterocycles. The Bertz CT molecular complexity index is 1500. The maximum atomic E-state index is 14.4. The molecule has 3 aromatic carbocycles. The van der Waals surface area contributed by atoms with Crippen LogP contribution in [0.15, 0.2) is 60.7 Å². The highest BCUT2D eigenvalue weighted by Gasteiger charge is 2.47. The van der Waals surface area contributed by atoms with Crippen LogP contribution in [0.4, 0.5) is 14.9 Å².